The fourth-order valence-corrected chi connectivity index (χ4v) is 4.72. The van der Waals surface area contributed by atoms with Crippen molar-refractivity contribution in [3.63, 3.8) is 0 Å². The highest BCUT2D eigenvalue weighted by Crippen LogP contribution is 2.42. The van der Waals surface area contributed by atoms with Crippen LogP contribution < -0.4 is 0 Å². The van der Waals surface area contributed by atoms with E-state index in [1.165, 1.54) is 0 Å². The van der Waals surface area contributed by atoms with Crippen LogP contribution in [0, 0.1) is 11.3 Å². The number of cyclic esters (lactones) is 1. The Balaban J connectivity index is 1.55. The van der Waals surface area contributed by atoms with Crippen molar-refractivity contribution in [3.8, 4) is 17.3 Å². The molecule has 4 rings (SSSR count). The van der Waals surface area contributed by atoms with Crippen molar-refractivity contribution >= 4 is 6.09 Å². The minimum absolute atomic E-state index is 0.198. The molecule has 1 unspecified atom stereocenters. The molecule has 6 nitrogen and oxygen atoms in total. The molecule has 0 radical (unpaired) electrons. The lowest BCUT2D eigenvalue weighted by atomic mass is 9.80. The Kier molecular flexibility index (Phi) is 6.41. The second-order valence-corrected chi connectivity index (χ2v) is 9.47. The third-order valence-electron chi connectivity index (χ3n) is 6.35. The van der Waals surface area contributed by atoms with Crippen molar-refractivity contribution in [1.29, 1.82) is 5.26 Å². The number of hydrogen-bond acceptors (Lipinski definition) is 5. The molecule has 2 atom stereocenters. The molecule has 1 aliphatic heterocycles. The second kappa shape index (κ2) is 9.28. The van der Waals surface area contributed by atoms with Crippen molar-refractivity contribution in [2.24, 2.45) is 0 Å². The predicted molar refractivity (Wildman–Crippen MR) is 130 cm³/mol. The Hall–Kier alpha value is -3.69. The standard InChI is InChI=1S/C28H29N3O3/c1-20(21-11-13-22(14-12-21)25-23(18-29)8-7-16-30-25)31-17-15-28(34-26(31)32,19-27(2,3)33)24-9-5-4-6-10-24/h4-14,16,20,33H,15,17,19H2,1-3H3/t20-,28?/m0/s1. The predicted octanol–water partition coefficient (Wildman–Crippen LogP) is 5.58. The van der Waals surface area contributed by atoms with Crippen molar-refractivity contribution in [3.05, 3.63) is 89.6 Å². The summed E-state index contributed by atoms with van der Waals surface area (Å²) in [6.45, 7) is 5.96. The first-order chi connectivity index (χ1) is 16.2. The molecule has 3 aromatic rings. The number of carbonyl (C=O) groups excluding carboxylic acids is 1. The van der Waals surface area contributed by atoms with Gasteiger partial charge < -0.3 is 14.7 Å². The first-order valence-corrected chi connectivity index (χ1v) is 11.5. The Labute approximate surface area is 200 Å². The van der Waals surface area contributed by atoms with Crippen molar-refractivity contribution in [1.82, 2.24) is 9.88 Å². The molecule has 1 fully saturated rings. The number of carbonyl (C=O) groups is 1. The summed E-state index contributed by atoms with van der Waals surface area (Å²) in [7, 11) is 0. The number of ether oxygens (including phenoxy) is 1. The number of pyridine rings is 1. The van der Waals surface area contributed by atoms with Gasteiger partial charge in [-0.3, -0.25) is 4.98 Å². The summed E-state index contributed by atoms with van der Waals surface area (Å²) in [4.78, 5) is 19.3. The minimum atomic E-state index is -0.993. The maximum Gasteiger partial charge on any atom is 0.411 e. The summed E-state index contributed by atoms with van der Waals surface area (Å²) in [5, 5.41) is 19.9. The third-order valence-corrected chi connectivity index (χ3v) is 6.35. The van der Waals surface area contributed by atoms with Crippen LogP contribution in [0.3, 0.4) is 0 Å². The van der Waals surface area contributed by atoms with E-state index >= 15 is 0 Å². The SMILES string of the molecule is C[C@@H](c1ccc(-c2ncccc2C#N)cc1)N1CCC(CC(C)(C)O)(c2ccccc2)OC1=O. The maximum atomic E-state index is 13.2. The van der Waals surface area contributed by atoms with Gasteiger partial charge in [0.2, 0.25) is 0 Å². The first-order valence-electron chi connectivity index (χ1n) is 11.5. The summed E-state index contributed by atoms with van der Waals surface area (Å²) in [6.07, 6.45) is 2.17. The van der Waals surface area contributed by atoms with E-state index in [0.29, 0.717) is 30.6 Å². The second-order valence-electron chi connectivity index (χ2n) is 9.47. The lowest BCUT2D eigenvalue weighted by Crippen LogP contribution is -2.51. The molecule has 1 saturated heterocycles. The van der Waals surface area contributed by atoms with Crippen LogP contribution in [0.5, 0.6) is 0 Å². The summed E-state index contributed by atoms with van der Waals surface area (Å²) < 4.78 is 6.10. The highest BCUT2D eigenvalue weighted by Gasteiger charge is 2.46. The zero-order valence-corrected chi connectivity index (χ0v) is 19.7. The Morgan fingerprint density at radius 1 is 1.15 bits per heavy atom. The zero-order valence-electron chi connectivity index (χ0n) is 19.7. The van der Waals surface area contributed by atoms with E-state index in [1.807, 2.05) is 61.5 Å². The van der Waals surface area contributed by atoms with E-state index in [2.05, 4.69) is 11.1 Å². The Morgan fingerprint density at radius 2 is 1.85 bits per heavy atom. The summed E-state index contributed by atoms with van der Waals surface area (Å²) in [5.74, 6) is 0. The molecule has 34 heavy (non-hydrogen) atoms. The van der Waals surface area contributed by atoms with Gasteiger partial charge in [0.15, 0.2) is 0 Å². The van der Waals surface area contributed by atoms with Gasteiger partial charge in [-0.25, -0.2) is 4.79 Å². The molecular weight excluding hydrogens is 426 g/mol. The van der Waals surface area contributed by atoms with E-state index in [0.717, 1.165) is 16.7 Å². The van der Waals surface area contributed by atoms with E-state index in [9.17, 15) is 15.2 Å². The zero-order chi connectivity index (χ0) is 24.3. The number of benzene rings is 2. The Morgan fingerprint density at radius 3 is 2.47 bits per heavy atom. The molecule has 0 aliphatic carbocycles. The van der Waals surface area contributed by atoms with Crippen LogP contribution in [0.25, 0.3) is 11.3 Å². The van der Waals surface area contributed by atoms with Crippen LogP contribution in [-0.4, -0.2) is 33.2 Å². The Bertz CT molecular complexity index is 1200. The van der Waals surface area contributed by atoms with Gasteiger partial charge in [-0.15, -0.1) is 0 Å². The van der Waals surface area contributed by atoms with Crippen molar-refractivity contribution in [2.75, 3.05) is 6.54 Å². The van der Waals surface area contributed by atoms with Crippen LogP contribution in [0.4, 0.5) is 4.79 Å². The van der Waals surface area contributed by atoms with Gasteiger partial charge in [0.25, 0.3) is 0 Å². The lowest BCUT2D eigenvalue weighted by molar-refractivity contribution is -0.101. The molecule has 2 aromatic carbocycles. The number of hydrogen-bond donors (Lipinski definition) is 1. The van der Waals surface area contributed by atoms with Crippen LogP contribution in [0.1, 0.15) is 56.3 Å². The van der Waals surface area contributed by atoms with Crippen LogP contribution in [0.2, 0.25) is 0 Å². The van der Waals surface area contributed by atoms with E-state index in [-0.39, 0.29) is 6.04 Å². The molecule has 1 amide bonds. The fraction of sp³-hybridized carbons (Fsp3) is 0.321. The van der Waals surface area contributed by atoms with Gasteiger partial charge in [0.05, 0.1) is 22.9 Å². The highest BCUT2D eigenvalue weighted by atomic mass is 16.6. The number of nitriles is 1. The number of aromatic nitrogens is 1. The fourth-order valence-electron chi connectivity index (χ4n) is 4.72. The molecular formula is C28H29N3O3. The summed E-state index contributed by atoms with van der Waals surface area (Å²) in [6, 6.07) is 22.9. The monoisotopic (exact) mass is 455 g/mol. The van der Waals surface area contributed by atoms with Crippen LogP contribution in [0.15, 0.2) is 72.9 Å². The number of aliphatic hydroxyl groups is 1. The maximum absolute atomic E-state index is 13.2. The van der Waals surface area contributed by atoms with Crippen LogP contribution >= 0.6 is 0 Å². The highest BCUT2D eigenvalue weighted by molar-refractivity contribution is 5.71. The molecule has 1 N–H and O–H groups in total. The quantitative estimate of drug-likeness (QED) is 0.524. The van der Waals surface area contributed by atoms with E-state index in [1.54, 1.807) is 37.1 Å². The van der Waals surface area contributed by atoms with Crippen molar-refractivity contribution in [2.45, 2.75) is 50.9 Å². The molecule has 0 bridgehead atoms. The largest absolute Gasteiger partial charge is 0.438 e. The average molecular weight is 456 g/mol. The summed E-state index contributed by atoms with van der Waals surface area (Å²) in [5.41, 5.74) is 2.00. The van der Waals surface area contributed by atoms with Crippen LogP contribution in [-0.2, 0) is 10.3 Å². The third kappa shape index (κ3) is 4.80. The molecule has 2 heterocycles. The van der Waals surface area contributed by atoms with Gasteiger partial charge in [0, 0.05) is 31.1 Å². The molecule has 1 aromatic heterocycles. The minimum Gasteiger partial charge on any atom is -0.438 e. The lowest BCUT2D eigenvalue weighted by Gasteiger charge is -2.45. The normalized spacial score (nSPS) is 19.3. The van der Waals surface area contributed by atoms with E-state index < -0.39 is 17.3 Å². The topological polar surface area (TPSA) is 86.5 Å². The number of nitrogens with zero attached hydrogens (tertiary/aromatic N) is 3. The van der Waals surface area contributed by atoms with Gasteiger partial charge in [-0.05, 0) is 44.0 Å². The van der Waals surface area contributed by atoms with Crippen molar-refractivity contribution < 1.29 is 14.6 Å². The molecule has 6 heteroatoms. The van der Waals surface area contributed by atoms with Gasteiger partial charge in [-0.1, -0.05) is 54.6 Å². The molecule has 0 saturated carbocycles. The summed E-state index contributed by atoms with van der Waals surface area (Å²) >= 11 is 0. The molecule has 0 spiro atoms. The molecule has 1 aliphatic rings. The van der Waals surface area contributed by atoms with E-state index in [4.69, 9.17) is 4.74 Å². The van der Waals surface area contributed by atoms with Gasteiger partial charge in [-0.2, -0.15) is 5.26 Å². The van der Waals surface area contributed by atoms with Gasteiger partial charge >= 0.3 is 6.09 Å². The number of rotatable bonds is 6. The number of amides is 1. The smallest absolute Gasteiger partial charge is 0.411 e. The first kappa shape index (κ1) is 23.5. The van der Waals surface area contributed by atoms with Gasteiger partial charge in [0.1, 0.15) is 11.7 Å². The molecule has 174 valence electrons. The average Bonchev–Trinajstić information content (AvgIpc) is 2.83.